The van der Waals surface area contributed by atoms with Gasteiger partial charge in [-0.3, -0.25) is 19.3 Å². The van der Waals surface area contributed by atoms with E-state index in [0.29, 0.717) is 11.4 Å². The molecule has 0 aliphatic carbocycles. The van der Waals surface area contributed by atoms with E-state index in [9.17, 15) is 14.4 Å². The molecule has 26 heavy (non-hydrogen) atoms. The molecule has 8 heteroatoms. The molecule has 1 atom stereocenters. The molecule has 0 spiro atoms. The largest absolute Gasteiger partial charge is 0.497 e. The summed E-state index contributed by atoms with van der Waals surface area (Å²) in [7, 11) is 1.54. The van der Waals surface area contributed by atoms with E-state index in [2.05, 4.69) is 5.32 Å². The number of nitrogens with one attached hydrogen (secondary N) is 1. The molecule has 0 bridgehead atoms. The van der Waals surface area contributed by atoms with Gasteiger partial charge in [0.25, 0.3) is 11.8 Å². The normalized spacial score (nSPS) is 14.2. The summed E-state index contributed by atoms with van der Waals surface area (Å²) in [6, 6.07) is 8.36. The smallest absolute Gasteiger partial charge is 0.262 e. The van der Waals surface area contributed by atoms with E-state index < -0.39 is 23.8 Å². The Kier molecular flexibility index (Phi) is 4.89. The van der Waals surface area contributed by atoms with Crippen LogP contribution in [-0.2, 0) is 4.79 Å². The van der Waals surface area contributed by atoms with E-state index in [1.807, 2.05) is 0 Å². The summed E-state index contributed by atoms with van der Waals surface area (Å²) in [4.78, 5) is 38.5. The first kappa shape index (κ1) is 18.2. The third kappa shape index (κ3) is 3.13. The summed E-state index contributed by atoms with van der Waals surface area (Å²) in [5.41, 5.74) is 0.785. The first-order valence-corrected chi connectivity index (χ1v) is 8.41. The van der Waals surface area contributed by atoms with Crippen molar-refractivity contribution in [1.29, 1.82) is 0 Å². The van der Waals surface area contributed by atoms with Crippen LogP contribution in [0.25, 0.3) is 0 Å². The zero-order valence-corrected chi connectivity index (χ0v) is 15.4. The van der Waals surface area contributed by atoms with Crippen LogP contribution in [0.15, 0.2) is 36.4 Å². The van der Waals surface area contributed by atoms with Crippen LogP contribution in [0.3, 0.4) is 0 Å². The number of carbonyl (C=O) groups excluding carboxylic acids is 3. The number of anilines is 1. The molecule has 1 aliphatic heterocycles. The first-order valence-electron chi connectivity index (χ1n) is 7.65. The topological polar surface area (TPSA) is 75.7 Å². The van der Waals surface area contributed by atoms with Crippen molar-refractivity contribution in [2.75, 3.05) is 12.4 Å². The number of hydrogen-bond donors (Lipinski definition) is 1. The molecule has 1 unspecified atom stereocenters. The Morgan fingerprint density at radius 1 is 1.04 bits per heavy atom. The van der Waals surface area contributed by atoms with Crippen molar-refractivity contribution in [1.82, 2.24) is 4.90 Å². The monoisotopic (exact) mass is 392 g/mol. The average molecular weight is 393 g/mol. The Balaban J connectivity index is 1.81. The molecule has 6 nitrogen and oxygen atoms in total. The predicted octanol–water partition coefficient (Wildman–Crippen LogP) is 3.63. The zero-order chi connectivity index (χ0) is 19.0. The van der Waals surface area contributed by atoms with E-state index in [0.717, 1.165) is 4.90 Å². The van der Waals surface area contributed by atoms with Gasteiger partial charge in [-0.15, -0.1) is 0 Å². The summed E-state index contributed by atoms with van der Waals surface area (Å²) in [6.07, 6.45) is 0. The highest BCUT2D eigenvalue weighted by Gasteiger charge is 2.41. The van der Waals surface area contributed by atoms with Crippen molar-refractivity contribution < 1.29 is 19.1 Å². The van der Waals surface area contributed by atoms with Crippen LogP contribution in [0, 0.1) is 0 Å². The minimum atomic E-state index is -1.01. The van der Waals surface area contributed by atoms with Crippen molar-refractivity contribution in [3.05, 3.63) is 57.6 Å². The summed E-state index contributed by atoms with van der Waals surface area (Å²) < 4.78 is 5.05. The van der Waals surface area contributed by atoms with Crippen LogP contribution in [-0.4, -0.2) is 35.8 Å². The lowest BCUT2D eigenvalue weighted by Gasteiger charge is -2.21. The van der Waals surface area contributed by atoms with E-state index in [4.69, 9.17) is 27.9 Å². The van der Waals surface area contributed by atoms with Gasteiger partial charge in [0.15, 0.2) is 0 Å². The SMILES string of the molecule is COc1ccc(NC(=O)C(C)N2C(=O)c3cc(Cl)c(Cl)cc3C2=O)cc1. The van der Waals surface area contributed by atoms with Gasteiger partial charge in [0.2, 0.25) is 5.91 Å². The van der Waals surface area contributed by atoms with Gasteiger partial charge in [-0.2, -0.15) is 0 Å². The number of amides is 3. The maximum atomic E-state index is 12.6. The minimum absolute atomic E-state index is 0.133. The van der Waals surface area contributed by atoms with Crippen molar-refractivity contribution in [3.63, 3.8) is 0 Å². The van der Waals surface area contributed by atoms with E-state index >= 15 is 0 Å². The number of methoxy groups -OCH3 is 1. The molecule has 2 aromatic rings. The molecule has 3 amide bonds. The fourth-order valence-corrected chi connectivity index (χ4v) is 2.97. The number of carbonyl (C=O) groups is 3. The van der Waals surface area contributed by atoms with Gasteiger partial charge in [-0.05, 0) is 43.3 Å². The lowest BCUT2D eigenvalue weighted by atomic mass is 10.1. The number of halogens is 2. The molecule has 1 heterocycles. The molecule has 0 saturated carbocycles. The summed E-state index contributed by atoms with van der Waals surface area (Å²) in [5.74, 6) is -1.02. The highest BCUT2D eigenvalue weighted by molar-refractivity contribution is 6.43. The fraction of sp³-hybridized carbons (Fsp3) is 0.167. The second-order valence-electron chi connectivity index (χ2n) is 5.69. The molecule has 134 valence electrons. The Labute approximate surface area is 159 Å². The summed E-state index contributed by atoms with van der Waals surface area (Å²) in [5, 5.41) is 3.01. The van der Waals surface area contributed by atoms with Crippen LogP contribution < -0.4 is 10.1 Å². The predicted molar refractivity (Wildman–Crippen MR) is 98.0 cm³/mol. The van der Waals surface area contributed by atoms with E-state index in [1.54, 1.807) is 24.3 Å². The van der Waals surface area contributed by atoms with E-state index in [1.165, 1.54) is 26.2 Å². The van der Waals surface area contributed by atoms with Crippen LogP contribution in [0.5, 0.6) is 5.75 Å². The van der Waals surface area contributed by atoms with Crippen LogP contribution in [0.4, 0.5) is 5.69 Å². The van der Waals surface area contributed by atoms with Crippen molar-refractivity contribution in [2.45, 2.75) is 13.0 Å². The molecule has 0 aromatic heterocycles. The number of nitrogens with zero attached hydrogens (tertiary/aromatic N) is 1. The quantitative estimate of drug-likeness (QED) is 0.806. The molecule has 0 radical (unpaired) electrons. The Morgan fingerprint density at radius 3 is 2.00 bits per heavy atom. The Bertz CT molecular complexity index is 871. The Hall–Kier alpha value is -2.57. The van der Waals surface area contributed by atoms with Gasteiger partial charge < -0.3 is 10.1 Å². The number of ether oxygens (including phenoxy) is 1. The maximum absolute atomic E-state index is 12.6. The molecule has 1 N–H and O–H groups in total. The van der Waals surface area contributed by atoms with Gasteiger partial charge in [0.05, 0.1) is 28.3 Å². The highest BCUT2D eigenvalue weighted by atomic mass is 35.5. The molecule has 0 fully saturated rings. The van der Waals surface area contributed by atoms with E-state index in [-0.39, 0.29) is 21.2 Å². The standard InChI is InChI=1S/C18H14Cl2N2O4/c1-9(16(23)21-10-3-5-11(26-2)6-4-10)22-17(24)12-7-14(19)15(20)8-13(12)18(22)25/h3-9H,1-2H3,(H,21,23). The number of benzene rings is 2. The maximum Gasteiger partial charge on any atom is 0.262 e. The van der Waals surface area contributed by atoms with Gasteiger partial charge in [-0.25, -0.2) is 0 Å². The van der Waals surface area contributed by atoms with Crippen LogP contribution in [0.1, 0.15) is 27.6 Å². The molecular weight excluding hydrogens is 379 g/mol. The fourth-order valence-electron chi connectivity index (χ4n) is 2.64. The van der Waals surface area contributed by atoms with Crippen LogP contribution >= 0.6 is 23.2 Å². The van der Waals surface area contributed by atoms with Gasteiger partial charge in [0.1, 0.15) is 11.8 Å². The number of rotatable bonds is 4. The van der Waals surface area contributed by atoms with Crippen molar-refractivity contribution in [3.8, 4) is 5.75 Å². The minimum Gasteiger partial charge on any atom is -0.497 e. The van der Waals surface area contributed by atoms with Crippen molar-refractivity contribution in [2.24, 2.45) is 0 Å². The summed E-state index contributed by atoms with van der Waals surface area (Å²) >= 11 is 11.8. The lowest BCUT2D eigenvalue weighted by Crippen LogP contribution is -2.45. The average Bonchev–Trinajstić information content (AvgIpc) is 2.86. The molecule has 0 saturated heterocycles. The second-order valence-corrected chi connectivity index (χ2v) is 6.50. The molecule has 1 aliphatic rings. The number of imide groups is 1. The summed E-state index contributed by atoms with van der Waals surface area (Å²) in [6.45, 7) is 1.48. The molecule has 3 rings (SSSR count). The first-order chi connectivity index (χ1) is 12.3. The molecular formula is C18H14Cl2N2O4. The third-order valence-corrected chi connectivity index (χ3v) is 4.81. The number of fused-ring (bicyclic) bond motifs is 1. The third-order valence-electron chi connectivity index (χ3n) is 4.08. The van der Waals surface area contributed by atoms with Crippen LogP contribution in [0.2, 0.25) is 10.0 Å². The Morgan fingerprint density at radius 2 is 1.54 bits per heavy atom. The molecule has 2 aromatic carbocycles. The van der Waals surface area contributed by atoms with Gasteiger partial charge in [-0.1, -0.05) is 23.2 Å². The highest BCUT2D eigenvalue weighted by Crippen LogP contribution is 2.32. The number of hydrogen-bond acceptors (Lipinski definition) is 4. The lowest BCUT2D eigenvalue weighted by molar-refractivity contribution is -0.119. The zero-order valence-electron chi connectivity index (χ0n) is 13.9. The van der Waals surface area contributed by atoms with Crippen molar-refractivity contribution >= 4 is 46.6 Å². The van der Waals surface area contributed by atoms with Gasteiger partial charge in [0, 0.05) is 5.69 Å². The second kappa shape index (κ2) is 6.97. The van der Waals surface area contributed by atoms with Gasteiger partial charge >= 0.3 is 0 Å².